The molecule has 1 saturated carbocycles. The Balaban J connectivity index is 2.00. The van der Waals surface area contributed by atoms with Gasteiger partial charge in [-0.2, -0.15) is 5.26 Å². The van der Waals surface area contributed by atoms with E-state index in [2.05, 4.69) is 11.4 Å². The van der Waals surface area contributed by atoms with Gasteiger partial charge in [0.25, 0.3) is 0 Å². The van der Waals surface area contributed by atoms with Crippen LogP contribution < -0.4 is 5.32 Å². The average Bonchev–Trinajstić information content (AvgIpc) is 2.35. The van der Waals surface area contributed by atoms with Crippen LogP contribution in [0.3, 0.4) is 0 Å². The number of hydrogen-bond acceptors (Lipinski definition) is 3. The van der Waals surface area contributed by atoms with Crippen molar-refractivity contribution in [2.45, 2.75) is 64.9 Å². The maximum atomic E-state index is 9.83. The third kappa shape index (κ3) is 5.84. The standard InChI is InChI=1S/C15H28N2O/c1-15(2,12-16)9-5-6-10-17-11-13-7-3-4-8-14(13)18/h13-14,17-18H,3-11H2,1-2H3. The lowest BCUT2D eigenvalue weighted by atomic mass is 9.86. The highest BCUT2D eigenvalue weighted by Crippen LogP contribution is 2.24. The van der Waals surface area contributed by atoms with Crippen molar-refractivity contribution in [1.82, 2.24) is 5.32 Å². The van der Waals surface area contributed by atoms with Crippen LogP contribution in [0.4, 0.5) is 0 Å². The Kier molecular flexibility index (Phi) is 6.67. The summed E-state index contributed by atoms with van der Waals surface area (Å²) in [6, 6.07) is 2.34. The van der Waals surface area contributed by atoms with Crippen molar-refractivity contribution in [2.24, 2.45) is 11.3 Å². The third-order valence-electron chi connectivity index (χ3n) is 3.98. The summed E-state index contributed by atoms with van der Waals surface area (Å²) < 4.78 is 0. The molecule has 1 aliphatic carbocycles. The van der Waals surface area contributed by atoms with Gasteiger partial charge >= 0.3 is 0 Å². The van der Waals surface area contributed by atoms with Gasteiger partial charge in [-0.15, -0.1) is 0 Å². The van der Waals surface area contributed by atoms with E-state index < -0.39 is 0 Å². The Labute approximate surface area is 112 Å². The smallest absolute Gasteiger partial charge is 0.0683 e. The van der Waals surface area contributed by atoms with E-state index in [9.17, 15) is 5.11 Å². The van der Waals surface area contributed by atoms with Crippen LogP contribution in [0.15, 0.2) is 0 Å². The molecule has 1 fully saturated rings. The minimum atomic E-state index is -0.181. The Morgan fingerprint density at radius 2 is 2.00 bits per heavy atom. The van der Waals surface area contributed by atoms with Crippen molar-refractivity contribution in [1.29, 1.82) is 5.26 Å². The van der Waals surface area contributed by atoms with E-state index in [0.29, 0.717) is 5.92 Å². The molecule has 3 heteroatoms. The van der Waals surface area contributed by atoms with Crippen LogP contribution in [0.1, 0.15) is 58.8 Å². The van der Waals surface area contributed by atoms with Crippen molar-refractivity contribution in [3.63, 3.8) is 0 Å². The van der Waals surface area contributed by atoms with Gasteiger partial charge in [0.15, 0.2) is 0 Å². The number of unbranched alkanes of at least 4 members (excludes halogenated alkanes) is 1. The van der Waals surface area contributed by atoms with E-state index in [1.54, 1.807) is 0 Å². The fraction of sp³-hybridized carbons (Fsp3) is 0.933. The second-order valence-corrected chi connectivity index (χ2v) is 6.27. The van der Waals surface area contributed by atoms with Crippen LogP contribution >= 0.6 is 0 Å². The fourth-order valence-corrected chi connectivity index (χ4v) is 2.59. The molecule has 0 amide bonds. The monoisotopic (exact) mass is 252 g/mol. The highest BCUT2D eigenvalue weighted by atomic mass is 16.3. The predicted octanol–water partition coefficient (Wildman–Crippen LogP) is 2.85. The van der Waals surface area contributed by atoms with E-state index in [1.807, 2.05) is 13.8 Å². The molecular weight excluding hydrogens is 224 g/mol. The maximum absolute atomic E-state index is 9.83. The fourth-order valence-electron chi connectivity index (χ4n) is 2.59. The molecule has 1 rings (SSSR count). The summed E-state index contributed by atoms with van der Waals surface area (Å²) in [6.45, 7) is 5.95. The van der Waals surface area contributed by atoms with Gasteiger partial charge < -0.3 is 10.4 Å². The molecular formula is C15H28N2O. The molecule has 18 heavy (non-hydrogen) atoms. The number of nitrogens with zero attached hydrogens (tertiary/aromatic N) is 1. The zero-order valence-corrected chi connectivity index (χ0v) is 11.9. The average molecular weight is 252 g/mol. The second-order valence-electron chi connectivity index (χ2n) is 6.27. The maximum Gasteiger partial charge on any atom is 0.0683 e. The summed E-state index contributed by atoms with van der Waals surface area (Å²) in [5.74, 6) is 0.453. The molecule has 0 bridgehead atoms. The number of rotatable bonds is 7. The Morgan fingerprint density at radius 3 is 2.67 bits per heavy atom. The molecule has 0 radical (unpaired) electrons. The molecule has 0 aromatic rings. The van der Waals surface area contributed by atoms with E-state index in [0.717, 1.165) is 45.2 Å². The van der Waals surface area contributed by atoms with Crippen molar-refractivity contribution in [3.8, 4) is 6.07 Å². The van der Waals surface area contributed by atoms with Crippen molar-refractivity contribution < 1.29 is 5.11 Å². The van der Waals surface area contributed by atoms with Crippen LogP contribution in [0, 0.1) is 22.7 Å². The summed E-state index contributed by atoms with van der Waals surface area (Å²) in [4.78, 5) is 0. The lowest BCUT2D eigenvalue weighted by Crippen LogP contribution is -2.34. The van der Waals surface area contributed by atoms with Crippen molar-refractivity contribution in [2.75, 3.05) is 13.1 Å². The Bertz CT molecular complexity index is 270. The third-order valence-corrected chi connectivity index (χ3v) is 3.98. The van der Waals surface area contributed by atoms with Gasteiger partial charge in [0.1, 0.15) is 0 Å². The first kappa shape index (κ1) is 15.5. The number of hydrogen-bond donors (Lipinski definition) is 2. The highest BCUT2D eigenvalue weighted by molar-refractivity contribution is 4.91. The zero-order valence-electron chi connectivity index (χ0n) is 11.9. The second kappa shape index (κ2) is 7.76. The molecule has 0 spiro atoms. The van der Waals surface area contributed by atoms with E-state index in [1.165, 1.54) is 12.8 Å². The molecule has 1 aliphatic rings. The molecule has 0 aromatic heterocycles. The van der Waals surface area contributed by atoms with Gasteiger partial charge in [0.2, 0.25) is 0 Å². The van der Waals surface area contributed by atoms with Crippen molar-refractivity contribution in [3.05, 3.63) is 0 Å². The molecule has 0 aliphatic heterocycles. The minimum Gasteiger partial charge on any atom is -0.393 e. The van der Waals surface area contributed by atoms with Crippen LogP contribution in [0.2, 0.25) is 0 Å². The largest absolute Gasteiger partial charge is 0.393 e. The molecule has 3 nitrogen and oxygen atoms in total. The number of aliphatic hydroxyl groups excluding tert-OH is 1. The lowest BCUT2D eigenvalue weighted by molar-refractivity contribution is 0.0697. The Hall–Kier alpha value is -0.590. The molecule has 0 heterocycles. The zero-order chi connectivity index (χ0) is 13.4. The first-order valence-corrected chi connectivity index (χ1v) is 7.35. The summed E-state index contributed by atoms with van der Waals surface area (Å²) in [5, 5.41) is 22.2. The van der Waals surface area contributed by atoms with Gasteiger partial charge in [-0.25, -0.2) is 0 Å². The predicted molar refractivity (Wildman–Crippen MR) is 74.1 cm³/mol. The van der Waals surface area contributed by atoms with Gasteiger partial charge in [0, 0.05) is 6.54 Å². The minimum absolute atomic E-state index is 0.0937. The molecule has 0 saturated heterocycles. The van der Waals surface area contributed by atoms with Crippen molar-refractivity contribution >= 4 is 0 Å². The molecule has 2 unspecified atom stereocenters. The highest BCUT2D eigenvalue weighted by Gasteiger charge is 2.22. The lowest BCUT2D eigenvalue weighted by Gasteiger charge is -2.27. The SMILES string of the molecule is CC(C)(C#N)CCCCNCC1CCCCC1O. The Morgan fingerprint density at radius 1 is 1.28 bits per heavy atom. The van der Waals surface area contributed by atoms with Crippen LogP contribution in [-0.4, -0.2) is 24.3 Å². The van der Waals surface area contributed by atoms with Gasteiger partial charge in [-0.05, 0) is 52.0 Å². The number of nitriles is 1. The normalized spacial score (nSPS) is 24.8. The molecule has 104 valence electrons. The summed E-state index contributed by atoms with van der Waals surface area (Å²) >= 11 is 0. The van der Waals surface area contributed by atoms with E-state index in [-0.39, 0.29) is 11.5 Å². The van der Waals surface area contributed by atoms with Crippen LogP contribution in [-0.2, 0) is 0 Å². The topological polar surface area (TPSA) is 56.0 Å². The van der Waals surface area contributed by atoms with Gasteiger partial charge in [-0.3, -0.25) is 0 Å². The van der Waals surface area contributed by atoms with Gasteiger partial charge in [-0.1, -0.05) is 19.3 Å². The first-order chi connectivity index (χ1) is 8.55. The molecule has 2 N–H and O–H groups in total. The van der Waals surface area contributed by atoms with E-state index >= 15 is 0 Å². The van der Waals surface area contributed by atoms with Crippen LogP contribution in [0.25, 0.3) is 0 Å². The molecule has 2 atom stereocenters. The summed E-state index contributed by atoms with van der Waals surface area (Å²) in [5.41, 5.74) is -0.181. The number of nitrogens with one attached hydrogen (secondary N) is 1. The number of aliphatic hydroxyl groups is 1. The first-order valence-electron chi connectivity index (χ1n) is 7.35. The van der Waals surface area contributed by atoms with Crippen LogP contribution in [0.5, 0.6) is 0 Å². The summed E-state index contributed by atoms with van der Waals surface area (Å²) in [6.07, 6.45) is 7.68. The summed E-state index contributed by atoms with van der Waals surface area (Å²) in [7, 11) is 0. The molecule has 0 aromatic carbocycles. The van der Waals surface area contributed by atoms with Gasteiger partial charge in [0.05, 0.1) is 17.6 Å². The quantitative estimate of drug-likeness (QED) is 0.685. The van der Waals surface area contributed by atoms with E-state index in [4.69, 9.17) is 5.26 Å².